The average Bonchev–Trinajstić information content (AvgIpc) is 2.80. The van der Waals surface area contributed by atoms with Crippen LogP contribution in [0.5, 0.6) is 0 Å². The summed E-state index contributed by atoms with van der Waals surface area (Å²) in [7, 11) is 0. The Hall–Kier alpha value is -1.97. The SMILES string of the molecule is c1ccc(CN2CCNc3cn[nH]c32)cc1. The first kappa shape index (κ1) is 9.27. The maximum Gasteiger partial charge on any atom is 0.148 e. The van der Waals surface area contributed by atoms with Gasteiger partial charge in [-0.2, -0.15) is 5.10 Å². The molecule has 1 aromatic heterocycles. The van der Waals surface area contributed by atoms with Gasteiger partial charge in [-0.1, -0.05) is 30.3 Å². The lowest BCUT2D eigenvalue weighted by Crippen LogP contribution is -2.33. The first-order valence-corrected chi connectivity index (χ1v) is 5.49. The molecule has 3 rings (SSSR count). The van der Waals surface area contributed by atoms with Gasteiger partial charge in [-0.25, -0.2) is 0 Å². The van der Waals surface area contributed by atoms with E-state index in [1.165, 1.54) is 5.56 Å². The molecule has 1 aromatic carbocycles. The van der Waals surface area contributed by atoms with Gasteiger partial charge in [-0.05, 0) is 5.56 Å². The number of H-pyrrole nitrogens is 1. The van der Waals surface area contributed by atoms with Crippen molar-refractivity contribution in [2.75, 3.05) is 23.3 Å². The second-order valence-corrected chi connectivity index (χ2v) is 3.97. The van der Waals surface area contributed by atoms with Crippen LogP contribution in [-0.2, 0) is 6.54 Å². The third-order valence-electron chi connectivity index (χ3n) is 2.85. The summed E-state index contributed by atoms with van der Waals surface area (Å²) < 4.78 is 0. The highest BCUT2D eigenvalue weighted by molar-refractivity contribution is 5.66. The average molecular weight is 214 g/mol. The topological polar surface area (TPSA) is 44.0 Å². The smallest absolute Gasteiger partial charge is 0.148 e. The maximum atomic E-state index is 4.07. The number of anilines is 2. The van der Waals surface area contributed by atoms with Gasteiger partial charge in [-0.15, -0.1) is 0 Å². The zero-order chi connectivity index (χ0) is 10.8. The summed E-state index contributed by atoms with van der Waals surface area (Å²) in [6.45, 7) is 2.90. The standard InChI is InChI=1S/C12H14N4/c1-2-4-10(5-3-1)9-16-7-6-13-11-8-14-15-12(11)16/h1-5,8,13H,6-7,9H2,(H,14,15). The monoisotopic (exact) mass is 214 g/mol. The second kappa shape index (κ2) is 3.89. The van der Waals surface area contributed by atoms with Gasteiger partial charge in [0.05, 0.1) is 11.9 Å². The highest BCUT2D eigenvalue weighted by Crippen LogP contribution is 2.26. The van der Waals surface area contributed by atoms with Gasteiger partial charge in [0.25, 0.3) is 0 Å². The van der Waals surface area contributed by atoms with Gasteiger partial charge in [0.2, 0.25) is 0 Å². The molecule has 0 fully saturated rings. The number of rotatable bonds is 2. The number of hydrogen-bond donors (Lipinski definition) is 2. The molecule has 0 saturated carbocycles. The van der Waals surface area contributed by atoms with Crippen molar-refractivity contribution >= 4 is 11.5 Å². The zero-order valence-electron chi connectivity index (χ0n) is 8.98. The molecule has 1 aliphatic rings. The second-order valence-electron chi connectivity index (χ2n) is 3.97. The van der Waals surface area contributed by atoms with Crippen LogP contribution in [0.1, 0.15) is 5.56 Å². The predicted octanol–water partition coefficient (Wildman–Crippen LogP) is 1.84. The van der Waals surface area contributed by atoms with Crippen molar-refractivity contribution in [3.63, 3.8) is 0 Å². The Morgan fingerprint density at radius 1 is 1.25 bits per heavy atom. The fraction of sp³-hybridized carbons (Fsp3) is 0.250. The molecule has 16 heavy (non-hydrogen) atoms. The molecular formula is C12H14N4. The van der Waals surface area contributed by atoms with Crippen LogP contribution in [0.25, 0.3) is 0 Å². The number of nitrogens with zero attached hydrogens (tertiary/aromatic N) is 2. The van der Waals surface area contributed by atoms with Crippen molar-refractivity contribution in [2.24, 2.45) is 0 Å². The number of fused-ring (bicyclic) bond motifs is 1. The molecule has 0 atom stereocenters. The van der Waals surface area contributed by atoms with Gasteiger partial charge >= 0.3 is 0 Å². The fourth-order valence-electron chi connectivity index (χ4n) is 2.05. The summed E-state index contributed by atoms with van der Waals surface area (Å²) >= 11 is 0. The van der Waals surface area contributed by atoms with E-state index in [0.717, 1.165) is 31.1 Å². The molecule has 0 saturated heterocycles. The van der Waals surface area contributed by atoms with E-state index >= 15 is 0 Å². The number of aromatic amines is 1. The molecule has 0 unspecified atom stereocenters. The number of hydrogen-bond acceptors (Lipinski definition) is 3. The van der Waals surface area contributed by atoms with Crippen molar-refractivity contribution < 1.29 is 0 Å². The van der Waals surface area contributed by atoms with Crippen LogP contribution in [0.2, 0.25) is 0 Å². The molecule has 4 nitrogen and oxygen atoms in total. The summed E-state index contributed by atoms with van der Waals surface area (Å²) in [6, 6.07) is 10.5. The molecule has 0 bridgehead atoms. The van der Waals surface area contributed by atoms with Gasteiger partial charge in [0, 0.05) is 19.6 Å². The lowest BCUT2D eigenvalue weighted by atomic mass is 10.2. The van der Waals surface area contributed by atoms with Crippen molar-refractivity contribution in [1.29, 1.82) is 0 Å². The molecule has 2 heterocycles. The molecule has 2 aromatic rings. The zero-order valence-corrected chi connectivity index (χ0v) is 8.98. The number of benzene rings is 1. The maximum absolute atomic E-state index is 4.07. The first-order valence-electron chi connectivity index (χ1n) is 5.49. The summed E-state index contributed by atoms with van der Waals surface area (Å²) in [4.78, 5) is 2.31. The fourth-order valence-corrected chi connectivity index (χ4v) is 2.05. The molecule has 0 spiro atoms. The van der Waals surface area contributed by atoms with Crippen LogP contribution in [0.3, 0.4) is 0 Å². The molecule has 4 heteroatoms. The van der Waals surface area contributed by atoms with Crippen molar-refractivity contribution in [1.82, 2.24) is 10.2 Å². The molecule has 1 aliphatic heterocycles. The number of nitrogens with one attached hydrogen (secondary N) is 2. The van der Waals surface area contributed by atoms with Crippen molar-refractivity contribution in [3.8, 4) is 0 Å². The van der Waals surface area contributed by atoms with Gasteiger partial charge in [0.15, 0.2) is 0 Å². The minimum atomic E-state index is 0.928. The van der Waals surface area contributed by atoms with E-state index < -0.39 is 0 Å². The van der Waals surface area contributed by atoms with E-state index in [1.807, 2.05) is 12.3 Å². The molecule has 0 radical (unpaired) electrons. The van der Waals surface area contributed by atoms with Crippen LogP contribution < -0.4 is 10.2 Å². The van der Waals surface area contributed by atoms with E-state index in [-0.39, 0.29) is 0 Å². The van der Waals surface area contributed by atoms with Crippen LogP contribution >= 0.6 is 0 Å². The van der Waals surface area contributed by atoms with Crippen molar-refractivity contribution in [3.05, 3.63) is 42.1 Å². The first-order chi connectivity index (χ1) is 7.93. The normalized spacial score (nSPS) is 14.4. The largest absolute Gasteiger partial charge is 0.379 e. The Labute approximate surface area is 94.3 Å². The molecule has 0 aliphatic carbocycles. The van der Waals surface area contributed by atoms with Gasteiger partial charge in [0.1, 0.15) is 5.82 Å². The van der Waals surface area contributed by atoms with Crippen LogP contribution in [-0.4, -0.2) is 23.3 Å². The lowest BCUT2D eigenvalue weighted by Gasteiger charge is -2.28. The summed E-state index contributed by atoms with van der Waals surface area (Å²) in [5.41, 5.74) is 2.42. The van der Waals surface area contributed by atoms with E-state index in [2.05, 4.69) is 44.7 Å². The van der Waals surface area contributed by atoms with Gasteiger partial charge in [-0.3, -0.25) is 5.10 Å². The highest BCUT2D eigenvalue weighted by Gasteiger charge is 2.17. The predicted molar refractivity (Wildman–Crippen MR) is 64.6 cm³/mol. The highest BCUT2D eigenvalue weighted by atomic mass is 15.3. The molecule has 2 N–H and O–H groups in total. The van der Waals surface area contributed by atoms with E-state index in [1.54, 1.807) is 0 Å². The van der Waals surface area contributed by atoms with Crippen LogP contribution in [0.4, 0.5) is 11.5 Å². The minimum Gasteiger partial charge on any atom is -0.379 e. The minimum absolute atomic E-state index is 0.928. The van der Waals surface area contributed by atoms with Crippen LogP contribution in [0, 0.1) is 0 Å². The third kappa shape index (κ3) is 1.62. The molecule has 82 valence electrons. The Kier molecular flexibility index (Phi) is 2.25. The Morgan fingerprint density at radius 2 is 2.12 bits per heavy atom. The Morgan fingerprint density at radius 3 is 3.00 bits per heavy atom. The van der Waals surface area contributed by atoms with E-state index in [9.17, 15) is 0 Å². The molecule has 0 amide bonds. The van der Waals surface area contributed by atoms with Gasteiger partial charge < -0.3 is 10.2 Å². The van der Waals surface area contributed by atoms with E-state index in [4.69, 9.17) is 0 Å². The van der Waals surface area contributed by atoms with Crippen LogP contribution in [0.15, 0.2) is 36.5 Å². The summed E-state index contributed by atoms with van der Waals surface area (Å²) in [5.74, 6) is 1.09. The lowest BCUT2D eigenvalue weighted by molar-refractivity contribution is 0.770. The van der Waals surface area contributed by atoms with Crippen molar-refractivity contribution in [2.45, 2.75) is 6.54 Å². The quantitative estimate of drug-likeness (QED) is 0.801. The molecular weight excluding hydrogens is 200 g/mol. The van der Waals surface area contributed by atoms with E-state index in [0.29, 0.717) is 0 Å². The third-order valence-corrected chi connectivity index (χ3v) is 2.85. The Bertz CT molecular complexity index is 463. The Balaban J connectivity index is 1.83. The number of aromatic nitrogens is 2. The summed E-state index contributed by atoms with van der Waals surface area (Å²) in [6.07, 6.45) is 1.84. The summed E-state index contributed by atoms with van der Waals surface area (Å²) in [5, 5.41) is 10.4.